The summed E-state index contributed by atoms with van der Waals surface area (Å²) in [6, 6.07) is 0. The van der Waals surface area contributed by atoms with Crippen molar-refractivity contribution in [3.05, 3.63) is 12.2 Å². The van der Waals surface area contributed by atoms with Crippen molar-refractivity contribution in [1.82, 2.24) is 0 Å². The van der Waals surface area contributed by atoms with Crippen LogP contribution in [0.15, 0.2) is 12.2 Å². The third-order valence-corrected chi connectivity index (χ3v) is 5.65. The summed E-state index contributed by atoms with van der Waals surface area (Å²) in [6.45, 7) is 10.0. The Hall–Kier alpha value is -1.32. The van der Waals surface area contributed by atoms with Crippen LogP contribution in [0, 0.1) is 16.7 Å². The summed E-state index contributed by atoms with van der Waals surface area (Å²) >= 11 is 0. The molecule has 2 fully saturated rings. The van der Waals surface area contributed by atoms with E-state index in [1.807, 2.05) is 0 Å². The first-order chi connectivity index (χ1) is 8.68. The van der Waals surface area contributed by atoms with Crippen molar-refractivity contribution in [2.75, 3.05) is 0 Å². The van der Waals surface area contributed by atoms with Crippen molar-refractivity contribution in [2.45, 2.75) is 52.6 Å². The topological polar surface area (TPSA) is 63.6 Å². The molecule has 2 aliphatic rings. The molecule has 2 rings (SSSR count). The van der Waals surface area contributed by atoms with Crippen LogP contribution in [0.3, 0.4) is 0 Å². The summed E-state index contributed by atoms with van der Waals surface area (Å²) in [6.07, 6.45) is 2.85. The largest absolute Gasteiger partial charge is 0.478 e. The third-order valence-electron chi connectivity index (χ3n) is 5.65. The van der Waals surface area contributed by atoms with Crippen molar-refractivity contribution in [2.24, 2.45) is 16.7 Å². The van der Waals surface area contributed by atoms with Gasteiger partial charge in [-0.15, -0.1) is 0 Å². The molecule has 0 aliphatic heterocycles. The molecule has 4 heteroatoms. The van der Waals surface area contributed by atoms with Gasteiger partial charge in [0.1, 0.15) is 6.10 Å². The highest BCUT2D eigenvalue weighted by Crippen LogP contribution is 2.66. The highest BCUT2D eigenvalue weighted by Gasteiger charge is 2.62. The van der Waals surface area contributed by atoms with Gasteiger partial charge < -0.3 is 9.84 Å². The standard InChI is InChI=1S/C15H22O4/c1-9(13(17)18)7-12(16)19-11-8-10-5-6-15(11,4)14(10,2)3/h10-11H,1,5-8H2,2-4H3,(H,17,18)/t10-,11-,15+/m1/s1. The highest BCUT2D eigenvalue weighted by atomic mass is 16.5. The fraction of sp³-hybridized carbons (Fsp3) is 0.733. The minimum atomic E-state index is -1.14. The molecule has 106 valence electrons. The van der Waals surface area contributed by atoms with Crippen LogP contribution < -0.4 is 0 Å². The third kappa shape index (κ3) is 2.07. The number of carboxylic acid groups (broad SMARTS) is 1. The molecule has 1 N–H and O–H groups in total. The number of hydrogen-bond donors (Lipinski definition) is 1. The van der Waals surface area contributed by atoms with E-state index < -0.39 is 11.9 Å². The number of hydrogen-bond acceptors (Lipinski definition) is 3. The molecule has 2 bridgehead atoms. The van der Waals surface area contributed by atoms with E-state index in [0.29, 0.717) is 5.92 Å². The molecule has 0 aromatic heterocycles. The minimum absolute atomic E-state index is 0.0118. The molecule has 0 radical (unpaired) electrons. The van der Waals surface area contributed by atoms with Gasteiger partial charge in [-0.05, 0) is 30.6 Å². The molecule has 0 spiro atoms. The second-order valence-electron chi connectivity index (χ2n) is 6.67. The van der Waals surface area contributed by atoms with Crippen LogP contribution in [-0.4, -0.2) is 23.1 Å². The Morgan fingerprint density at radius 3 is 2.42 bits per heavy atom. The summed E-state index contributed by atoms with van der Waals surface area (Å²) in [5, 5.41) is 8.72. The smallest absolute Gasteiger partial charge is 0.331 e. The summed E-state index contributed by atoms with van der Waals surface area (Å²) in [7, 11) is 0. The summed E-state index contributed by atoms with van der Waals surface area (Å²) < 4.78 is 5.54. The van der Waals surface area contributed by atoms with Gasteiger partial charge in [0.05, 0.1) is 6.42 Å². The van der Waals surface area contributed by atoms with Crippen molar-refractivity contribution in [3.63, 3.8) is 0 Å². The first-order valence-corrected chi connectivity index (χ1v) is 6.79. The lowest BCUT2D eigenvalue weighted by Crippen LogP contribution is -2.38. The van der Waals surface area contributed by atoms with E-state index in [-0.39, 0.29) is 28.9 Å². The molecular formula is C15H22O4. The Morgan fingerprint density at radius 2 is 2.00 bits per heavy atom. The molecular weight excluding hydrogens is 244 g/mol. The van der Waals surface area contributed by atoms with Crippen LogP contribution in [0.4, 0.5) is 0 Å². The zero-order chi connectivity index (χ0) is 14.4. The fourth-order valence-corrected chi connectivity index (χ4v) is 3.76. The fourth-order valence-electron chi connectivity index (χ4n) is 3.76. The number of ether oxygens (including phenoxy) is 1. The molecule has 0 unspecified atom stereocenters. The highest BCUT2D eigenvalue weighted by molar-refractivity contribution is 5.91. The number of carboxylic acids is 1. The van der Waals surface area contributed by atoms with Crippen LogP contribution >= 0.6 is 0 Å². The Balaban J connectivity index is 2.00. The van der Waals surface area contributed by atoms with Gasteiger partial charge in [0, 0.05) is 11.0 Å². The van der Waals surface area contributed by atoms with Gasteiger partial charge in [-0.25, -0.2) is 4.79 Å². The quantitative estimate of drug-likeness (QED) is 0.627. The van der Waals surface area contributed by atoms with E-state index >= 15 is 0 Å². The van der Waals surface area contributed by atoms with E-state index in [4.69, 9.17) is 9.84 Å². The average Bonchev–Trinajstić information content (AvgIpc) is 2.61. The van der Waals surface area contributed by atoms with E-state index in [1.54, 1.807) is 0 Å². The van der Waals surface area contributed by atoms with Crippen LogP contribution in [0.2, 0.25) is 0 Å². The van der Waals surface area contributed by atoms with Crippen molar-refractivity contribution in [1.29, 1.82) is 0 Å². The number of esters is 1. The molecule has 4 nitrogen and oxygen atoms in total. The van der Waals surface area contributed by atoms with Gasteiger partial charge in [-0.1, -0.05) is 27.4 Å². The maximum atomic E-state index is 11.8. The van der Waals surface area contributed by atoms with E-state index in [1.165, 1.54) is 6.42 Å². The van der Waals surface area contributed by atoms with Gasteiger partial charge >= 0.3 is 11.9 Å². The normalized spacial score (nSPS) is 35.1. The Morgan fingerprint density at radius 1 is 1.37 bits per heavy atom. The van der Waals surface area contributed by atoms with Crippen molar-refractivity contribution in [3.8, 4) is 0 Å². The second-order valence-corrected chi connectivity index (χ2v) is 6.67. The zero-order valence-corrected chi connectivity index (χ0v) is 11.9. The molecule has 2 saturated carbocycles. The average molecular weight is 266 g/mol. The van der Waals surface area contributed by atoms with Crippen LogP contribution in [-0.2, 0) is 14.3 Å². The number of fused-ring (bicyclic) bond motifs is 2. The maximum absolute atomic E-state index is 11.8. The number of aliphatic carboxylic acids is 1. The Kier molecular flexibility index (Phi) is 3.23. The molecule has 0 heterocycles. The van der Waals surface area contributed by atoms with Crippen LogP contribution in [0.1, 0.15) is 46.5 Å². The summed E-state index contributed by atoms with van der Waals surface area (Å²) in [5.74, 6) is -1.02. The monoisotopic (exact) mass is 266 g/mol. The zero-order valence-electron chi connectivity index (χ0n) is 11.9. The van der Waals surface area contributed by atoms with E-state index in [0.717, 1.165) is 12.8 Å². The SMILES string of the molecule is C=C(CC(=O)O[C@@H]1C[C@H]2CC[C@]1(C)C2(C)C)C(=O)O. The molecule has 0 amide bonds. The lowest BCUT2D eigenvalue weighted by atomic mass is 9.70. The predicted molar refractivity (Wildman–Crippen MR) is 70.5 cm³/mol. The molecule has 0 aromatic carbocycles. The molecule has 3 atom stereocenters. The first kappa shape index (κ1) is 14.1. The minimum Gasteiger partial charge on any atom is -0.478 e. The van der Waals surface area contributed by atoms with E-state index in [9.17, 15) is 9.59 Å². The lowest BCUT2D eigenvalue weighted by Gasteiger charge is -2.38. The lowest BCUT2D eigenvalue weighted by molar-refractivity contribution is -0.157. The molecule has 19 heavy (non-hydrogen) atoms. The molecule has 0 aromatic rings. The molecule has 2 aliphatic carbocycles. The van der Waals surface area contributed by atoms with Crippen LogP contribution in [0.25, 0.3) is 0 Å². The summed E-state index contributed by atoms with van der Waals surface area (Å²) in [5.41, 5.74) is 0.0807. The van der Waals surface area contributed by atoms with Gasteiger partial charge in [0.25, 0.3) is 0 Å². The first-order valence-electron chi connectivity index (χ1n) is 6.79. The second kappa shape index (κ2) is 4.36. The van der Waals surface area contributed by atoms with Gasteiger partial charge in [-0.3, -0.25) is 4.79 Å². The maximum Gasteiger partial charge on any atom is 0.331 e. The van der Waals surface area contributed by atoms with Crippen molar-refractivity contribution >= 4 is 11.9 Å². The van der Waals surface area contributed by atoms with E-state index in [2.05, 4.69) is 27.4 Å². The Bertz CT molecular complexity index is 437. The Labute approximate surface area is 113 Å². The van der Waals surface area contributed by atoms with Crippen LogP contribution in [0.5, 0.6) is 0 Å². The molecule has 0 saturated heterocycles. The van der Waals surface area contributed by atoms with Gasteiger partial charge in [0.2, 0.25) is 0 Å². The van der Waals surface area contributed by atoms with Crippen molar-refractivity contribution < 1.29 is 19.4 Å². The van der Waals surface area contributed by atoms with Gasteiger partial charge in [-0.2, -0.15) is 0 Å². The number of rotatable bonds is 4. The summed E-state index contributed by atoms with van der Waals surface area (Å²) in [4.78, 5) is 22.5. The number of carbonyl (C=O) groups is 2. The van der Waals surface area contributed by atoms with Gasteiger partial charge in [0.15, 0.2) is 0 Å². The predicted octanol–water partition coefficient (Wildman–Crippen LogP) is 2.78. The number of carbonyl (C=O) groups excluding carboxylic acids is 1.